The van der Waals surface area contributed by atoms with Gasteiger partial charge in [0.1, 0.15) is 11.9 Å². The normalized spacial score (nSPS) is 11.6. The lowest BCUT2D eigenvalue weighted by atomic mass is 10.2. The molecule has 0 amide bonds. The van der Waals surface area contributed by atoms with Crippen molar-refractivity contribution < 1.29 is 13.3 Å². The zero-order chi connectivity index (χ0) is 19.3. The van der Waals surface area contributed by atoms with Crippen LogP contribution in [-0.4, -0.2) is 34.6 Å². The molecule has 0 saturated heterocycles. The van der Waals surface area contributed by atoms with Crippen molar-refractivity contribution in [1.29, 1.82) is 0 Å². The zero-order valence-corrected chi connectivity index (χ0v) is 17.7. The number of nitrogens with one attached hydrogen (secondary N) is 2. The predicted octanol–water partition coefficient (Wildman–Crippen LogP) is 3.44. The average molecular weight is 511 g/mol. The van der Waals surface area contributed by atoms with Crippen molar-refractivity contribution in [3.05, 3.63) is 40.9 Å². The molecule has 2 N–H and O–H groups in total. The Balaban J connectivity index is 2.18. The maximum Gasteiger partial charge on any atom is 0.311 e. The number of nitrogens with zero attached hydrogens (tertiary/aromatic N) is 3. The van der Waals surface area contributed by atoms with Gasteiger partial charge in [-0.1, -0.05) is 13.5 Å². The summed E-state index contributed by atoms with van der Waals surface area (Å²) in [6.45, 7) is 5.80. The number of anilines is 1. The molecule has 2 rings (SSSR count). The summed E-state index contributed by atoms with van der Waals surface area (Å²) in [5.41, 5.74) is 1.19. The van der Waals surface area contributed by atoms with Gasteiger partial charge in [0, 0.05) is 55.2 Å². The molecule has 0 fully saturated rings. The number of hydrogen-bond donors (Lipinski definition) is 2. The minimum atomic E-state index is -3.30. The smallest absolute Gasteiger partial charge is 0.311 e. The third kappa shape index (κ3) is 5.08. The molecule has 0 bridgehead atoms. The lowest BCUT2D eigenvalue weighted by molar-refractivity contribution is -0.384. The van der Waals surface area contributed by atoms with Crippen LogP contribution in [-0.2, 0) is 10.0 Å². The average Bonchev–Trinajstić information content (AvgIpc) is 2.98. The first kappa shape index (κ1) is 20.9. The van der Waals surface area contributed by atoms with Gasteiger partial charge in [-0.2, -0.15) is 0 Å². The number of halogens is 1. The number of aromatic nitrogens is 2. The van der Waals surface area contributed by atoms with Crippen molar-refractivity contribution in [3.8, 4) is 0 Å². The zero-order valence-electron chi connectivity index (χ0n) is 13.9. The van der Waals surface area contributed by atoms with Crippen LogP contribution in [0.15, 0.2) is 30.7 Å². The van der Waals surface area contributed by atoms with Gasteiger partial charge in [0.2, 0.25) is 10.0 Å². The Kier molecular flexibility index (Phi) is 7.25. The Morgan fingerprint density at radius 3 is 2.88 bits per heavy atom. The molecule has 0 unspecified atom stereocenters. The van der Waals surface area contributed by atoms with Gasteiger partial charge in [-0.25, -0.2) is 18.1 Å². The van der Waals surface area contributed by atoms with E-state index in [2.05, 4.69) is 42.8 Å². The van der Waals surface area contributed by atoms with Gasteiger partial charge in [-0.3, -0.25) is 14.1 Å². The van der Waals surface area contributed by atoms with Gasteiger partial charge in [-0.15, -0.1) is 0 Å². The Bertz CT molecular complexity index is 929. The molecule has 12 heteroatoms. The second-order valence-electron chi connectivity index (χ2n) is 5.42. The van der Waals surface area contributed by atoms with E-state index >= 15 is 0 Å². The van der Waals surface area contributed by atoms with Crippen LogP contribution in [0.4, 0.5) is 11.4 Å². The molecule has 0 aliphatic carbocycles. The number of nitro groups is 1. The molecule has 2 aromatic heterocycles. The van der Waals surface area contributed by atoms with E-state index in [-0.39, 0.29) is 18.0 Å². The quantitative estimate of drug-likeness (QED) is 0.285. The fourth-order valence-corrected chi connectivity index (χ4v) is 4.68. The Morgan fingerprint density at radius 2 is 2.27 bits per heavy atom. The molecule has 0 aromatic carbocycles. The number of rotatable bonds is 10. The number of hydrogen-bond acceptors (Lipinski definition) is 7. The van der Waals surface area contributed by atoms with Crippen LogP contribution in [0.3, 0.4) is 0 Å². The molecule has 0 aliphatic rings. The summed E-state index contributed by atoms with van der Waals surface area (Å²) in [4.78, 5) is 15.0. The van der Waals surface area contributed by atoms with Crippen LogP contribution in [0.2, 0.25) is 0 Å². The van der Waals surface area contributed by atoms with E-state index in [1.807, 2.05) is 0 Å². The van der Waals surface area contributed by atoms with E-state index in [1.54, 1.807) is 23.2 Å². The summed E-state index contributed by atoms with van der Waals surface area (Å²) < 4.78 is 27.6. The van der Waals surface area contributed by atoms with Gasteiger partial charge in [0.15, 0.2) is 5.65 Å². The molecule has 26 heavy (non-hydrogen) atoms. The van der Waals surface area contributed by atoms with Crippen molar-refractivity contribution >= 4 is 62.8 Å². The summed E-state index contributed by atoms with van der Waals surface area (Å²) >= 11 is 2.09. The first-order chi connectivity index (χ1) is 12.3. The van der Waals surface area contributed by atoms with Gasteiger partial charge >= 0.3 is 5.69 Å². The minimum absolute atomic E-state index is 0.0604. The molecule has 0 saturated carbocycles. The maximum absolute atomic E-state index is 11.7. The highest BCUT2D eigenvalue weighted by atomic mass is 127. The van der Waals surface area contributed by atoms with Crippen LogP contribution in [0, 0.1) is 10.1 Å². The van der Waals surface area contributed by atoms with Crippen molar-refractivity contribution in [2.45, 2.75) is 19.8 Å². The van der Waals surface area contributed by atoms with Gasteiger partial charge in [0.25, 0.3) is 0 Å². The van der Waals surface area contributed by atoms with Crippen LogP contribution < -0.4 is 10.0 Å². The third-order valence-electron chi connectivity index (χ3n) is 3.46. The molecule has 0 radical (unpaired) electrons. The van der Waals surface area contributed by atoms with E-state index < -0.39 is 14.9 Å². The molecule has 2 heterocycles. The van der Waals surface area contributed by atoms with E-state index in [0.29, 0.717) is 35.3 Å². The van der Waals surface area contributed by atoms with E-state index in [0.717, 1.165) is 0 Å². The van der Waals surface area contributed by atoms with Crippen LogP contribution in [0.1, 0.15) is 19.8 Å². The fraction of sp³-hybridized carbons (Fsp3) is 0.357. The Labute approximate surface area is 167 Å². The fourth-order valence-electron chi connectivity index (χ4n) is 2.32. The molecular formula is C14H18IN5O4S2. The highest BCUT2D eigenvalue weighted by Crippen LogP contribution is 2.35. The van der Waals surface area contributed by atoms with Crippen molar-refractivity contribution in [3.63, 3.8) is 0 Å². The van der Waals surface area contributed by atoms with Crippen LogP contribution >= 0.6 is 30.3 Å². The van der Waals surface area contributed by atoms with Crippen molar-refractivity contribution in [1.82, 2.24) is 13.7 Å². The molecule has 0 aliphatic heterocycles. The summed E-state index contributed by atoms with van der Waals surface area (Å²) in [6, 6.07) is 1.74. The first-order valence-electron chi connectivity index (χ1n) is 7.64. The van der Waals surface area contributed by atoms with Crippen LogP contribution in [0.5, 0.6) is 0 Å². The van der Waals surface area contributed by atoms with Gasteiger partial charge in [0.05, 0.1) is 16.1 Å². The summed E-state index contributed by atoms with van der Waals surface area (Å²) in [6.07, 6.45) is 3.80. The van der Waals surface area contributed by atoms with E-state index in [1.165, 1.54) is 15.3 Å². The second-order valence-corrected chi connectivity index (χ2v) is 9.05. The molecule has 2 aromatic rings. The predicted molar refractivity (Wildman–Crippen MR) is 113 cm³/mol. The highest BCUT2D eigenvalue weighted by Gasteiger charge is 2.20. The van der Waals surface area contributed by atoms with Crippen molar-refractivity contribution in [2.75, 3.05) is 17.6 Å². The molecular weight excluding hydrogens is 493 g/mol. The van der Waals surface area contributed by atoms with Gasteiger partial charge < -0.3 is 5.32 Å². The monoisotopic (exact) mass is 511 g/mol. The standard InChI is InChI=1S/C14H18IN5O4S2/c1-3-8-26(23,24)17-6-4-10(2)18-13-11-5-7-19(25-15)14(11)16-9-12(13)20(21)22/h5,7,9,17H,2-4,6,8H2,1H3,(H,16,18). The lowest BCUT2D eigenvalue weighted by Crippen LogP contribution is -2.27. The lowest BCUT2D eigenvalue weighted by Gasteiger charge is -2.12. The molecule has 0 spiro atoms. The third-order valence-corrected chi connectivity index (χ3v) is 6.76. The van der Waals surface area contributed by atoms with Crippen molar-refractivity contribution in [2.24, 2.45) is 0 Å². The largest absolute Gasteiger partial charge is 0.353 e. The van der Waals surface area contributed by atoms with E-state index in [9.17, 15) is 18.5 Å². The second kappa shape index (κ2) is 9.01. The summed E-state index contributed by atoms with van der Waals surface area (Å²) in [5, 5.41) is 14.9. The number of pyridine rings is 1. The highest BCUT2D eigenvalue weighted by molar-refractivity contribution is 14.2. The number of sulfonamides is 1. The Morgan fingerprint density at radius 1 is 1.54 bits per heavy atom. The summed E-state index contributed by atoms with van der Waals surface area (Å²) in [5.74, 6) is 0.0604. The molecule has 9 nitrogen and oxygen atoms in total. The van der Waals surface area contributed by atoms with E-state index in [4.69, 9.17) is 0 Å². The Hall–Kier alpha value is -1.38. The topological polar surface area (TPSA) is 119 Å². The molecule has 142 valence electrons. The van der Waals surface area contributed by atoms with Crippen LogP contribution in [0.25, 0.3) is 11.0 Å². The molecule has 0 atom stereocenters. The SMILES string of the molecule is C=C(CCNS(=O)(=O)CCC)Nc1c([N+](=O)[O-])cnc2c1ccn2SI. The first-order valence-corrected chi connectivity index (χ1v) is 12.6. The minimum Gasteiger partial charge on any atom is -0.353 e. The van der Waals surface area contributed by atoms with Gasteiger partial charge in [-0.05, 0) is 12.5 Å². The maximum atomic E-state index is 11.7. The summed E-state index contributed by atoms with van der Waals surface area (Å²) in [7, 11) is -1.91. The number of fused-ring (bicyclic) bond motifs is 1.